The Morgan fingerprint density at radius 3 is 2.52 bits per heavy atom. The molecule has 1 saturated carbocycles. The highest BCUT2D eigenvalue weighted by molar-refractivity contribution is 7.92. The number of hydrogen-bond acceptors (Lipinski definition) is 3. The van der Waals surface area contributed by atoms with Crippen molar-refractivity contribution < 1.29 is 13.2 Å². The maximum Gasteiger partial charge on any atom is 0.238 e. The van der Waals surface area contributed by atoms with Crippen molar-refractivity contribution in [2.75, 3.05) is 0 Å². The van der Waals surface area contributed by atoms with Gasteiger partial charge in [0.25, 0.3) is 0 Å². The molecular weight excluding hydrogens is 286 g/mol. The summed E-state index contributed by atoms with van der Waals surface area (Å²) in [5.74, 6) is -0.450. The normalized spacial score (nSPS) is 17.6. The van der Waals surface area contributed by atoms with Gasteiger partial charge in [-0.1, -0.05) is 37.1 Å². The minimum absolute atomic E-state index is 0.0844. The summed E-state index contributed by atoms with van der Waals surface area (Å²) in [6.07, 6.45) is 4.12. The molecule has 5 heteroatoms. The Hall–Kier alpha value is -1.36. The Bertz CT molecular complexity index is 604. The van der Waals surface area contributed by atoms with Crippen molar-refractivity contribution >= 4 is 15.7 Å². The number of carbonyl (C=O) groups excluding carboxylic acids is 1. The van der Waals surface area contributed by atoms with Crippen molar-refractivity contribution in [3.63, 3.8) is 0 Å². The van der Waals surface area contributed by atoms with Gasteiger partial charge in [-0.3, -0.25) is 4.79 Å². The molecule has 116 valence electrons. The molecule has 1 N–H and O–H groups in total. The number of aryl methyl sites for hydroxylation is 1. The first-order chi connectivity index (χ1) is 9.90. The van der Waals surface area contributed by atoms with Crippen LogP contribution in [0.5, 0.6) is 0 Å². The summed E-state index contributed by atoms with van der Waals surface area (Å²) < 4.78 is 24.8. The predicted octanol–water partition coefficient (Wildman–Crippen LogP) is 2.36. The van der Waals surface area contributed by atoms with Crippen LogP contribution in [0.4, 0.5) is 0 Å². The molecule has 1 aromatic rings. The van der Waals surface area contributed by atoms with Gasteiger partial charge in [0.2, 0.25) is 5.91 Å². The zero-order valence-electron chi connectivity index (χ0n) is 12.6. The smallest absolute Gasteiger partial charge is 0.238 e. The van der Waals surface area contributed by atoms with Crippen molar-refractivity contribution in [1.29, 1.82) is 0 Å². The molecule has 0 aliphatic heterocycles. The lowest BCUT2D eigenvalue weighted by Gasteiger charge is -2.17. The van der Waals surface area contributed by atoms with E-state index in [1.165, 1.54) is 6.92 Å². The first-order valence-electron chi connectivity index (χ1n) is 7.46. The third-order valence-corrected chi connectivity index (χ3v) is 6.23. The number of rotatable bonds is 5. The summed E-state index contributed by atoms with van der Waals surface area (Å²) in [6.45, 7) is 3.37. The maximum absolute atomic E-state index is 12.4. The third kappa shape index (κ3) is 4.06. The molecule has 1 aromatic carbocycles. The van der Waals surface area contributed by atoms with Gasteiger partial charge in [-0.05, 0) is 37.8 Å². The van der Waals surface area contributed by atoms with Crippen LogP contribution in [-0.2, 0) is 20.4 Å². The summed E-state index contributed by atoms with van der Waals surface area (Å²) in [7, 11) is -3.49. The zero-order chi connectivity index (χ0) is 15.5. The molecule has 1 atom stereocenters. The molecule has 21 heavy (non-hydrogen) atoms. The molecule has 0 saturated heterocycles. The summed E-state index contributed by atoms with van der Waals surface area (Å²) in [6, 6.07) is 7.53. The van der Waals surface area contributed by atoms with E-state index in [0.29, 0.717) is 0 Å². The number of hydrogen-bond donors (Lipinski definition) is 1. The van der Waals surface area contributed by atoms with E-state index in [1.54, 1.807) is 6.07 Å². The minimum atomic E-state index is -3.49. The molecule has 1 amide bonds. The SMILES string of the molecule is Cc1ccccc1CS(=O)(=O)C(C)C(=O)NC1CCCC1. The number of nitrogens with one attached hydrogen (secondary N) is 1. The Labute approximate surface area is 126 Å². The van der Waals surface area contributed by atoms with Crippen molar-refractivity contribution in [2.24, 2.45) is 0 Å². The molecule has 0 heterocycles. The van der Waals surface area contributed by atoms with Crippen LogP contribution in [0.25, 0.3) is 0 Å². The summed E-state index contributed by atoms with van der Waals surface area (Å²) in [5.41, 5.74) is 1.70. The molecule has 0 aromatic heterocycles. The van der Waals surface area contributed by atoms with Crippen LogP contribution in [0.2, 0.25) is 0 Å². The van der Waals surface area contributed by atoms with Gasteiger partial charge in [0.1, 0.15) is 5.25 Å². The summed E-state index contributed by atoms with van der Waals surface area (Å²) >= 11 is 0. The highest BCUT2D eigenvalue weighted by atomic mass is 32.2. The summed E-state index contributed by atoms with van der Waals surface area (Å²) in [5, 5.41) is 1.86. The lowest BCUT2D eigenvalue weighted by Crippen LogP contribution is -2.42. The van der Waals surface area contributed by atoms with Gasteiger partial charge in [0, 0.05) is 6.04 Å². The Morgan fingerprint density at radius 2 is 1.90 bits per heavy atom. The predicted molar refractivity (Wildman–Crippen MR) is 83.7 cm³/mol. The number of sulfone groups is 1. The van der Waals surface area contributed by atoms with E-state index in [1.807, 2.05) is 25.1 Å². The second-order valence-electron chi connectivity index (χ2n) is 5.87. The highest BCUT2D eigenvalue weighted by Crippen LogP contribution is 2.19. The van der Waals surface area contributed by atoms with E-state index in [0.717, 1.165) is 36.8 Å². The van der Waals surface area contributed by atoms with Gasteiger partial charge < -0.3 is 5.32 Å². The lowest BCUT2D eigenvalue weighted by atomic mass is 10.1. The van der Waals surface area contributed by atoms with E-state index >= 15 is 0 Å². The Morgan fingerprint density at radius 1 is 1.29 bits per heavy atom. The van der Waals surface area contributed by atoms with E-state index < -0.39 is 15.1 Å². The minimum Gasteiger partial charge on any atom is -0.352 e. The maximum atomic E-state index is 12.4. The van der Waals surface area contributed by atoms with Crippen molar-refractivity contribution in [2.45, 2.75) is 56.6 Å². The van der Waals surface area contributed by atoms with Crippen LogP contribution in [0.15, 0.2) is 24.3 Å². The van der Waals surface area contributed by atoms with Gasteiger partial charge in [0.05, 0.1) is 5.75 Å². The second kappa shape index (κ2) is 6.60. The molecule has 1 aliphatic rings. The fourth-order valence-corrected chi connectivity index (χ4v) is 4.07. The molecular formula is C16H23NO3S. The standard InChI is InChI=1S/C16H23NO3S/c1-12-7-3-4-8-14(12)11-21(19,20)13(2)16(18)17-15-9-5-6-10-15/h3-4,7-8,13,15H,5-6,9-11H2,1-2H3,(H,17,18). The highest BCUT2D eigenvalue weighted by Gasteiger charge is 2.30. The average Bonchev–Trinajstić information content (AvgIpc) is 2.93. The number of amides is 1. The average molecular weight is 309 g/mol. The fraction of sp³-hybridized carbons (Fsp3) is 0.562. The fourth-order valence-electron chi connectivity index (χ4n) is 2.67. The molecule has 1 fully saturated rings. The van der Waals surface area contributed by atoms with E-state index in [4.69, 9.17) is 0 Å². The zero-order valence-corrected chi connectivity index (χ0v) is 13.4. The monoisotopic (exact) mass is 309 g/mol. The molecule has 0 radical (unpaired) electrons. The molecule has 0 bridgehead atoms. The molecule has 2 rings (SSSR count). The van der Waals surface area contributed by atoms with Crippen LogP contribution < -0.4 is 5.32 Å². The van der Waals surface area contributed by atoms with E-state index in [-0.39, 0.29) is 17.7 Å². The number of carbonyl (C=O) groups is 1. The lowest BCUT2D eigenvalue weighted by molar-refractivity contribution is -0.121. The number of benzene rings is 1. The molecule has 4 nitrogen and oxygen atoms in total. The van der Waals surface area contributed by atoms with Crippen LogP contribution in [-0.4, -0.2) is 25.6 Å². The second-order valence-corrected chi connectivity index (χ2v) is 8.19. The van der Waals surface area contributed by atoms with Crippen LogP contribution in [0.1, 0.15) is 43.7 Å². The van der Waals surface area contributed by atoms with Crippen molar-refractivity contribution in [3.8, 4) is 0 Å². The Balaban J connectivity index is 2.04. The van der Waals surface area contributed by atoms with Crippen molar-refractivity contribution in [3.05, 3.63) is 35.4 Å². The van der Waals surface area contributed by atoms with Crippen molar-refractivity contribution in [1.82, 2.24) is 5.32 Å². The van der Waals surface area contributed by atoms with Gasteiger partial charge in [-0.2, -0.15) is 0 Å². The topological polar surface area (TPSA) is 63.2 Å². The van der Waals surface area contributed by atoms with Crippen LogP contribution >= 0.6 is 0 Å². The van der Waals surface area contributed by atoms with E-state index in [9.17, 15) is 13.2 Å². The molecule has 1 unspecified atom stereocenters. The quantitative estimate of drug-likeness (QED) is 0.908. The third-order valence-electron chi connectivity index (χ3n) is 4.23. The first kappa shape index (κ1) is 16.0. The van der Waals surface area contributed by atoms with Crippen LogP contribution in [0.3, 0.4) is 0 Å². The Kier molecular flexibility index (Phi) is 5.04. The van der Waals surface area contributed by atoms with Gasteiger partial charge in [-0.15, -0.1) is 0 Å². The van der Waals surface area contributed by atoms with Crippen LogP contribution in [0, 0.1) is 6.92 Å². The van der Waals surface area contributed by atoms with Gasteiger partial charge in [0.15, 0.2) is 9.84 Å². The van der Waals surface area contributed by atoms with Gasteiger partial charge >= 0.3 is 0 Å². The first-order valence-corrected chi connectivity index (χ1v) is 9.18. The summed E-state index contributed by atoms with van der Waals surface area (Å²) in [4.78, 5) is 12.1. The largest absolute Gasteiger partial charge is 0.352 e. The van der Waals surface area contributed by atoms with E-state index in [2.05, 4.69) is 5.32 Å². The molecule has 1 aliphatic carbocycles. The van der Waals surface area contributed by atoms with Gasteiger partial charge in [-0.25, -0.2) is 8.42 Å². The molecule has 0 spiro atoms.